The fraction of sp³-hybridized carbons (Fsp3) is 0.571. The van der Waals surface area contributed by atoms with Crippen LogP contribution < -0.4 is 5.73 Å². The SMILES string of the molecule is CN(Cc1ccc(F)cc1)CC(N)C(C)(C)C. The van der Waals surface area contributed by atoms with Crippen LogP contribution in [-0.2, 0) is 6.54 Å². The summed E-state index contributed by atoms with van der Waals surface area (Å²) in [4.78, 5) is 2.17. The minimum Gasteiger partial charge on any atom is -0.326 e. The average Bonchev–Trinajstić information content (AvgIpc) is 2.20. The van der Waals surface area contributed by atoms with Crippen LogP contribution in [0.1, 0.15) is 26.3 Å². The van der Waals surface area contributed by atoms with Gasteiger partial charge in [-0.2, -0.15) is 0 Å². The highest BCUT2D eigenvalue weighted by molar-refractivity contribution is 5.15. The van der Waals surface area contributed by atoms with Crippen molar-refractivity contribution in [2.24, 2.45) is 11.1 Å². The molecule has 17 heavy (non-hydrogen) atoms. The van der Waals surface area contributed by atoms with Crippen LogP contribution in [0.25, 0.3) is 0 Å². The van der Waals surface area contributed by atoms with Gasteiger partial charge in [-0.3, -0.25) is 0 Å². The highest BCUT2D eigenvalue weighted by Gasteiger charge is 2.21. The van der Waals surface area contributed by atoms with E-state index in [0.717, 1.165) is 18.7 Å². The predicted octanol–water partition coefficient (Wildman–Crippen LogP) is 2.63. The molecule has 0 aliphatic heterocycles. The first-order chi connectivity index (χ1) is 7.79. The Morgan fingerprint density at radius 3 is 2.24 bits per heavy atom. The van der Waals surface area contributed by atoms with E-state index < -0.39 is 0 Å². The molecule has 0 aliphatic carbocycles. The second-order valence-corrected chi connectivity index (χ2v) is 5.80. The number of benzene rings is 1. The van der Waals surface area contributed by atoms with Gasteiger partial charge in [-0.1, -0.05) is 32.9 Å². The number of nitrogens with zero attached hydrogens (tertiary/aromatic N) is 1. The highest BCUT2D eigenvalue weighted by atomic mass is 19.1. The molecule has 1 atom stereocenters. The van der Waals surface area contributed by atoms with Crippen LogP contribution >= 0.6 is 0 Å². The van der Waals surface area contributed by atoms with Crippen LogP contribution in [0.3, 0.4) is 0 Å². The Labute approximate surface area is 104 Å². The standard InChI is InChI=1S/C14H23FN2/c1-14(2,3)13(16)10-17(4)9-11-5-7-12(15)8-6-11/h5-8,13H,9-10,16H2,1-4H3. The largest absolute Gasteiger partial charge is 0.326 e. The number of rotatable bonds is 4. The Kier molecular flexibility index (Phi) is 4.66. The lowest BCUT2D eigenvalue weighted by Crippen LogP contribution is -2.43. The van der Waals surface area contributed by atoms with E-state index >= 15 is 0 Å². The summed E-state index contributed by atoms with van der Waals surface area (Å²) in [7, 11) is 2.04. The summed E-state index contributed by atoms with van der Waals surface area (Å²) in [5, 5.41) is 0. The van der Waals surface area contributed by atoms with Crippen molar-refractivity contribution in [2.45, 2.75) is 33.4 Å². The van der Waals surface area contributed by atoms with E-state index in [2.05, 4.69) is 25.7 Å². The van der Waals surface area contributed by atoms with Crippen molar-refractivity contribution < 1.29 is 4.39 Å². The number of nitrogens with two attached hydrogens (primary N) is 1. The van der Waals surface area contributed by atoms with E-state index in [4.69, 9.17) is 5.73 Å². The van der Waals surface area contributed by atoms with Crippen molar-refractivity contribution in [1.82, 2.24) is 4.90 Å². The molecule has 0 saturated carbocycles. The van der Waals surface area contributed by atoms with Gasteiger partial charge in [0, 0.05) is 19.1 Å². The van der Waals surface area contributed by atoms with Crippen molar-refractivity contribution in [3.05, 3.63) is 35.6 Å². The highest BCUT2D eigenvalue weighted by Crippen LogP contribution is 2.18. The Balaban J connectivity index is 2.50. The molecule has 1 rings (SSSR count). The van der Waals surface area contributed by atoms with Crippen LogP contribution in [0.15, 0.2) is 24.3 Å². The minimum absolute atomic E-state index is 0.108. The molecule has 1 unspecified atom stereocenters. The summed E-state index contributed by atoms with van der Waals surface area (Å²) in [5.74, 6) is -0.192. The van der Waals surface area contributed by atoms with E-state index in [1.54, 1.807) is 0 Å². The molecule has 2 N–H and O–H groups in total. The van der Waals surface area contributed by atoms with Gasteiger partial charge in [0.15, 0.2) is 0 Å². The molecule has 0 bridgehead atoms. The molecule has 1 aromatic rings. The van der Waals surface area contributed by atoms with E-state index in [0.29, 0.717) is 0 Å². The number of hydrogen-bond donors (Lipinski definition) is 1. The Morgan fingerprint density at radius 2 is 1.76 bits per heavy atom. The molecule has 96 valence electrons. The van der Waals surface area contributed by atoms with Crippen molar-refractivity contribution in [3.63, 3.8) is 0 Å². The molecule has 3 heteroatoms. The molecule has 2 nitrogen and oxygen atoms in total. The van der Waals surface area contributed by atoms with E-state index in [-0.39, 0.29) is 17.3 Å². The maximum Gasteiger partial charge on any atom is 0.123 e. The molecule has 0 amide bonds. The fourth-order valence-corrected chi connectivity index (χ4v) is 1.58. The Bertz CT molecular complexity index is 340. The lowest BCUT2D eigenvalue weighted by molar-refractivity contribution is 0.222. The summed E-state index contributed by atoms with van der Waals surface area (Å²) in [6, 6.07) is 6.75. The molecule has 0 radical (unpaired) electrons. The van der Waals surface area contributed by atoms with Crippen LogP contribution in [0.4, 0.5) is 4.39 Å². The van der Waals surface area contributed by atoms with Crippen molar-refractivity contribution >= 4 is 0 Å². The molecular formula is C14H23FN2. The summed E-state index contributed by atoms with van der Waals surface area (Å²) in [6.45, 7) is 8.06. The summed E-state index contributed by atoms with van der Waals surface area (Å²) >= 11 is 0. The van der Waals surface area contributed by atoms with Crippen molar-refractivity contribution in [3.8, 4) is 0 Å². The molecule has 0 spiro atoms. The fourth-order valence-electron chi connectivity index (χ4n) is 1.58. The summed E-state index contributed by atoms with van der Waals surface area (Å²) in [5.41, 5.74) is 7.34. The van der Waals surface area contributed by atoms with Gasteiger partial charge in [0.2, 0.25) is 0 Å². The second kappa shape index (κ2) is 5.61. The normalized spacial score (nSPS) is 14.1. The predicted molar refractivity (Wildman–Crippen MR) is 70.2 cm³/mol. The van der Waals surface area contributed by atoms with Gasteiger partial charge in [-0.05, 0) is 30.2 Å². The molecule has 0 fully saturated rings. The lowest BCUT2D eigenvalue weighted by Gasteiger charge is -2.31. The van der Waals surface area contributed by atoms with Gasteiger partial charge < -0.3 is 10.6 Å². The zero-order chi connectivity index (χ0) is 13.1. The number of likely N-dealkylation sites (N-methyl/N-ethyl adjacent to an activating group) is 1. The average molecular weight is 238 g/mol. The molecule has 0 saturated heterocycles. The van der Waals surface area contributed by atoms with Gasteiger partial charge in [0.1, 0.15) is 5.82 Å². The molecular weight excluding hydrogens is 215 g/mol. The maximum atomic E-state index is 12.8. The zero-order valence-electron chi connectivity index (χ0n) is 11.2. The first-order valence-electron chi connectivity index (χ1n) is 5.97. The second-order valence-electron chi connectivity index (χ2n) is 5.80. The van der Waals surface area contributed by atoms with Crippen LogP contribution in [0.5, 0.6) is 0 Å². The third kappa shape index (κ3) is 4.84. The first kappa shape index (κ1) is 14.1. The smallest absolute Gasteiger partial charge is 0.123 e. The molecule has 0 aromatic heterocycles. The van der Waals surface area contributed by atoms with Crippen LogP contribution in [-0.4, -0.2) is 24.5 Å². The van der Waals surface area contributed by atoms with Crippen molar-refractivity contribution in [1.29, 1.82) is 0 Å². The Hall–Kier alpha value is -0.930. The van der Waals surface area contributed by atoms with E-state index in [1.807, 2.05) is 19.2 Å². The van der Waals surface area contributed by atoms with E-state index in [1.165, 1.54) is 12.1 Å². The number of hydrogen-bond acceptors (Lipinski definition) is 2. The van der Waals surface area contributed by atoms with Crippen LogP contribution in [0.2, 0.25) is 0 Å². The van der Waals surface area contributed by atoms with E-state index in [9.17, 15) is 4.39 Å². The lowest BCUT2D eigenvalue weighted by atomic mass is 9.87. The minimum atomic E-state index is -0.192. The first-order valence-corrected chi connectivity index (χ1v) is 5.97. The summed E-state index contributed by atoms with van der Waals surface area (Å²) < 4.78 is 12.8. The van der Waals surface area contributed by atoms with Gasteiger partial charge in [-0.25, -0.2) is 4.39 Å². The molecule has 1 aromatic carbocycles. The quantitative estimate of drug-likeness (QED) is 0.873. The van der Waals surface area contributed by atoms with Gasteiger partial charge in [-0.15, -0.1) is 0 Å². The topological polar surface area (TPSA) is 29.3 Å². The van der Waals surface area contributed by atoms with Crippen LogP contribution in [0, 0.1) is 11.2 Å². The zero-order valence-corrected chi connectivity index (χ0v) is 11.2. The maximum absolute atomic E-state index is 12.8. The van der Waals surface area contributed by atoms with Gasteiger partial charge in [0.25, 0.3) is 0 Å². The Morgan fingerprint density at radius 1 is 1.24 bits per heavy atom. The third-order valence-electron chi connectivity index (χ3n) is 2.99. The number of halogens is 1. The van der Waals surface area contributed by atoms with Crippen molar-refractivity contribution in [2.75, 3.05) is 13.6 Å². The van der Waals surface area contributed by atoms with Gasteiger partial charge in [0.05, 0.1) is 0 Å². The molecule has 0 heterocycles. The third-order valence-corrected chi connectivity index (χ3v) is 2.99. The van der Waals surface area contributed by atoms with Gasteiger partial charge >= 0.3 is 0 Å². The monoisotopic (exact) mass is 238 g/mol. The summed E-state index contributed by atoms with van der Waals surface area (Å²) in [6.07, 6.45) is 0. The molecule has 0 aliphatic rings.